The number of aryl methyl sites for hydroxylation is 1. The molecular formula is C14H24ClN3O. The van der Waals surface area contributed by atoms with Crippen LogP contribution in [0.1, 0.15) is 44.8 Å². The Hall–Kier alpha value is -0.580. The van der Waals surface area contributed by atoms with Gasteiger partial charge in [0.2, 0.25) is 0 Å². The highest BCUT2D eigenvalue weighted by Crippen LogP contribution is 2.38. The minimum absolute atomic E-state index is 0.289. The Balaban J connectivity index is 1.94. The first-order chi connectivity index (χ1) is 9.15. The van der Waals surface area contributed by atoms with Gasteiger partial charge in [-0.05, 0) is 38.6 Å². The third kappa shape index (κ3) is 3.50. The second kappa shape index (κ2) is 6.73. The molecule has 108 valence electrons. The number of ether oxygens (including phenoxy) is 1. The lowest BCUT2D eigenvalue weighted by atomic mass is 9.77. The summed E-state index contributed by atoms with van der Waals surface area (Å²) in [7, 11) is 1.95. The highest BCUT2D eigenvalue weighted by Gasteiger charge is 2.32. The lowest BCUT2D eigenvalue weighted by Crippen LogP contribution is -2.35. The van der Waals surface area contributed by atoms with Crippen LogP contribution in [0, 0.1) is 5.92 Å². The van der Waals surface area contributed by atoms with E-state index in [0.29, 0.717) is 6.10 Å². The second-order valence-electron chi connectivity index (χ2n) is 5.26. The first-order valence-electron chi connectivity index (χ1n) is 7.18. The summed E-state index contributed by atoms with van der Waals surface area (Å²) in [5.41, 5.74) is 1.10. The molecule has 1 N–H and O–H groups in total. The van der Waals surface area contributed by atoms with Crippen molar-refractivity contribution >= 4 is 11.6 Å². The van der Waals surface area contributed by atoms with Gasteiger partial charge in [0, 0.05) is 13.7 Å². The molecule has 1 atom stereocenters. The van der Waals surface area contributed by atoms with Crippen LogP contribution in [-0.4, -0.2) is 29.0 Å². The number of hydrogen-bond acceptors (Lipinski definition) is 3. The lowest BCUT2D eigenvalue weighted by Gasteiger charge is -2.37. The van der Waals surface area contributed by atoms with Crippen molar-refractivity contribution in [3.63, 3.8) is 0 Å². The number of aromatic nitrogens is 2. The van der Waals surface area contributed by atoms with E-state index < -0.39 is 0 Å². The van der Waals surface area contributed by atoms with Crippen molar-refractivity contribution in [3.8, 4) is 0 Å². The van der Waals surface area contributed by atoms with Crippen molar-refractivity contribution < 1.29 is 4.74 Å². The molecular weight excluding hydrogens is 262 g/mol. The van der Waals surface area contributed by atoms with Gasteiger partial charge >= 0.3 is 0 Å². The Morgan fingerprint density at radius 3 is 2.79 bits per heavy atom. The topological polar surface area (TPSA) is 39.1 Å². The average Bonchev–Trinajstić information content (AvgIpc) is 2.65. The molecule has 4 nitrogen and oxygen atoms in total. The van der Waals surface area contributed by atoms with Gasteiger partial charge in [0.15, 0.2) is 0 Å². The zero-order valence-electron chi connectivity index (χ0n) is 12.0. The van der Waals surface area contributed by atoms with E-state index >= 15 is 0 Å². The smallest absolute Gasteiger partial charge is 0.0834 e. The van der Waals surface area contributed by atoms with Gasteiger partial charge in [0.1, 0.15) is 0 Å². The summed E-state index contributed by atoms with van der Waals surface area (Å²) < 4.78 is 7.51. The molecule has 0 saturated heterocycles. The van der Waals surface area contributed by atoms with E-state index in [0.717, 1.165) is 36.2 Å². The van der Waals surface area contributed by atoms with Crippen molar-refractivity contribution in [1.29, 1.82) is 0 Å². The van der Waals surface area contributed by atoms with Crippen LogP contribution in [0.4, 0.5) is 0 Å². The molecule has 0 spiro atoms. The number of nitrogens with one attached hydrogen (secondary N) is 1. The molecule has 19 heavy (non-hydrogen) atoms. The summed E-state index contributed by atoms with van der Waals surface area (Å²) in [5, 5.41) is 8.52. The van der Waals surface area contributed by atoms with Gasteiger partial charge in [-0.2, -0.15) is 5.10 Å². The summed E-state index contributed by atoms with van der Waals surface area (Å²) in [6.45, 7) is 5.95. The molecule has 0 bridgehead atoms. The summed E-state index contributed by atoms with van der Waals surface area (Å²) in [5.74, 6) is 0.728. The maximum Gasteiger partial charge on any atom is 0.0834 e. The number of nitrogens with zero attached hydrogens (tertiary/aromatic N) is 2. The Labute approximate surface area is 120 Å². The predicted molar refractivity (Wildman–Crippen MR) is 77.4 cm³/mol. The average molecular weight is 286 g/mol. The van der Waals surface area contributed by atoms with Gasteiger partial charge in [-0.1, -0.05) is 18.5 Å². The van der Waals surface area contributed by atoms with Crippen molar-refractivity contribution in [2.75, 3.05) is 13.2 Å². The van der Waals surface area contributed by atoms with E-state index in [4.69, 9.17) is 16.3 Å². The Morgan fingerprint density at radius 2 is 2.26 bits per heavy atom. The van der Waals surface area contributed by atoms with Crippen molar-refractivity contribution in [2.45, 2.75) is 45.3 Å². The van der Waals surface area contributed by atoms with Crippen molar-refractivity contribution in [3.05, 3.63) is 16.9 Å². The Kier molecular flexibility index (Phi) is 5.25. The van der Waals surface area contributed by atoms with E-state index in [1.165, 1.54) is 12.8 Å². The molecule has 1 fully saturated rings. The molecule has 1 unspecified atom stereocenters. The van der Waals surface area contributed by atoms with E-state index in [9.17, 15) is 0 Å². The van der Waals surface area contributed by atoms with Crippen LogP contribution in [0.2, 0.25) is 5.02 Å². The summed E-state index contributed by atoms with van der Waals surface area (Å²) in [4.78, 5) is 0. The molecule has 1 aromatic rings. The lowest BCUT2D eigenvalue weighted by molar-refractivity contribution is -0.0292. The van der Waals surface area contributed by atoms with Gasteiger partial charge in [0.05, 0.1) is 29.1 Å². The van der Waals surface area contributed by atoms with Gasteiger partial charge < -0.3 is 10.1 Å². The normalized spacial score (nSPS) is 24.2. The fourth-order valence-electron chi connectivity index (χ4n) is 2.92. The van der Waals surface area contributed by atoms with Crippen LogP contribution in [0.15, 0.2) is 6.20 Å². The van der Waals surface area contributed by atoms with Crippen LogP contribution < -0.4 is 5.32 Å². The van der Waals surface area contributed by atoms with Crippen LogP contribution in [0.25, 0.3) is 0 Å². The van der Waals surface area contributed by atoms with Gasteiger partial charge in [-0.3, -0.25) is 4.68 Å². The van der Waals surface area contributed by atoms with E-state index in [1.54, 1.807) is 6.20 Å². The quantitative estimate of drug-likeness (QED) is 0.837. The third-order valence-electron chi connectivity index (χ3n) is 3.88. The van der Waals surface area contributed by atoms with E-state index in [1.807, 2.05) is 11.7 Å². The summed E-state index contributed by atoms with van der Waals surface area (Å²) in [6.07, 6.45) is 5.65. The maximum absolute atomic E-state index is 6.25. The molecule has 1 heterocycles. The standard InChI is InChI=1S/C14H24ClN3O/c1-4-16-13(14-12(15)9-17-18(14)3)8-10-6-11(7-10)19-5-2/h9-11,13,16H,4-8H2,1-3H3. The third-order valence-corrected chi connectivity index (χ3v) is 4.17. The van der Waals surface area contributed by atoms with E-state index in [-0.39, 0.29) is 6.04 Å². The van der Waals surface area contributed by atoms with Gasteiger partial charge in [-0.15, -0.1) is 0 Å². The molecule has 0 aromatic carbocycles. The first-order valence-corrected chi connectivity index (χ1v) is 7.55. The molecule has 1 saturated carbocycles. The SMILES string of the molecule is CCNC(CC1CC(OCC)C1)c1c(Cl)cnn1C. The monoisotopic (exact) mass is 285 g/mol. The Morgan fingerprint density at radius 1 is 1.53 bits per heavy atom. The molecule has 1 aliphatic carbocycles. The number of hydrogen-bond donors (Lipinski definition) is 1. The van der Waals surface area contributed by atoms with Crippen molar-refractivity contribution in [2.24, 2.45) is 13.0 Å². The maximum atomic E-state index is 6.25. The van der Waals surface area contributed by atoms with Crippen LogP contribution in [0.5, 0.6) is 0 Å². The van der Waals surface area contributed by atoms with Crippen LogP contribution >= 0.6 is 11.6 Å². The molecule has 0 aliphatic heterocycles. The predicted octanol–water partition coefficient (Wildman–Crippen LogP) is 2.93. The van der Waals surface area contributed by atoms with Gasteiger partial charge in [-0.25, -0.2) is 0 Å². The minimum atomic E-state index is 0.289. The van der Waals surface area contributed by atoms with Gasteiger partial charge in [0.25, 0.3) is 0 Å². The number of halogens is 1. The molecule has 0 radical (unpaired) electrons. The highest BCUT2D eigenvalue weighted by atomic mass is 35.5. The Bertz CT molecular complexity index is 382. The molecule has 0 amide bonds. The van der Waals surface area contributed by atoms with Crippen LogP contribution in [-0.2, 0) is 11.8 Å². The van der Waals surface area contributed by atoms with Crippen LogP contribution in [0.3, 0.4) is 0 Å². The first kappa shape index (κ1) is 14.8. The second-order valence-corrected chi connectivity index (χ2v) is 5.67. The molecule has 1 aromatic heterocycles. The zero-order chi connectivity index (χ0) is 13.8. The fourth-order valence-corrected chi connectivity index (χ4v) is 3.22. The summed E-state index contributed by atoms with van der Waals surface area (Å²) in [6, 6.07) is 0.289. The summed E-state index contributed by atoms with van der Waals surface area (Å²) >= 11 is 6.25. The molecule has 2 rings (SSSR count). The molecule has 5 heteroatoms. The largest absolute Gasteiger partial charge is 0.378 e. The minimum Gasteiger partial charge on any atom is -0.378 e. The number of rotatable bonds is 7. The zero-order valence-corrected chi connectivity index (χ0v) is 12.8. The highest BCUT2D eigenvalue weighted by molar-refractivity contribution is 6.31. The molecule has 1 aliphatic rings. The van der Waals surface area contributed by atoms with E-state index in [2.05, 4.69) is 24.3 Å². The van der Waals surface area contributed by atoms with Crippen molar-refractivity contribution in [1.82, 2.24) is 15.1 Å². The fraction of sp³-hybridized carbons (Fsp3) is 0.786.